The van der Waals surface area contributed by atoms with Crippen molar-refractivity contribution in [1.82, 2.24) is 0 Å². The van der Waals surface area contributed by atoms with Crippen molar-refractivity contribution in [1.29, 1.82) is 0 Å². The maximum absolute atomic E-state index is 12.9. The van der Waals surface area contributed by atoms with Crippen molar-refractivity contribution in [3.63, 3.8) is 0 Å². The second kappa shape index (κ2) is 64.4. The van der Waals surface area contributed by atoms with E-state index in [1.807, 2.05) is 0 Å². The molecule has 0 saturated heterocycles. The van der Waals surface area contributed by atoms with E-state index in [1.165, 1.54) is 193 Å². The Balaban J connectivity index is 4.14. The highest BCUT2D eigenvalue weighted by Gasteiger charge is 2.19. The van der Waals surface area contributed by atoms with Gasteiger partial charge >= 0.3 is 17.9 Å². The minimum Gasteiger partial charge on any atom is -0.462 e. The summed E-state index contributed by atoms with van der Waals surface area (Å²) < 4.78 is 16.9. The monoisotopic (exact) mass is 1060 g/mol. The molecule has 0 spiro atoms. The Morgan fingerprint density at radius 1 is 0.276 bits per heavy atom. The molecule has 0 amide bonds. The van der Waals surface area contributed by atoms with Gasteiger partial charge in [-0.2, -0.15) is 0 Å². The third-order valence-corrected chi connectivity index (χ3v) is 14.4. The van der Waals surface area contributed by atoms with Crippen molar-refractivity contribution >= 4 is 17.9 Å². The van der Waals surface area contributed by atoms with Crippen molar-refractivity contribution in [2.75, 3.05) is 13.2 Å². The quantitative estimate of drug-likeness (QED) is 0.0261. The smallest absolute Gasteiger partial charge is 0.306 e. The lowest BCUT2D eigenvalue weighted by Crippen LogP contribution is -2.30. The van der Waals surface area contributed by atoms with E-state index in [2.05, 4.69) is 93.7 Å². The predicted molar refractivity (Wildman–Crippen MR) is 330 cm³/mol. The van der Waals surface area contributed by atoms with Gasteiger partial charge < -0.3 is 14.2 Å². The summed E-state index contributed by atoms with van der Waals surface area (Å²) in [4.78, 5) is 38.2. The van der Waals surface area contributed by atoms with Crippen LogP contribution in [0.5, 0.6) is 0 Å². The molecule has 0 rings (SSSR count). The van der Waals surface area contributed by atoms with Crippen LogP contribution in [-0.2, 0) is 28.6 Å². The fourth-order valence-electron chi connectivity index (χ4n) is 9.48. The zero-order valence-corrected chi connectivity index (χ0v) is 50.5. The molecule has 76 heavy (non-hydrogen) atoms. The molecular weight excluding hydrogens is 937 g/mol. The maximum Gasteiger partial charge on any atom is 0.306 e. The minimum absolute atomic E-state index is 0.0775. The van der Waals surface area contributed by atoms with E-state index in [0.717, 1.165) is 103 Å². The van der Waals surface area contributed by atoms with Crippen molar-refractivity contribution < 1.29 is 28.6 Å². The first-order valence-electron chi connectivity index (χ1n) is 32.9. The van der Waals surface area contributed by atoms with Crippen LogP contribution in [0.3, 0.4) is 0 Å². The Bertz CT molecular complexity index is 1400. The normalized spacial score (nSPS) is 12.5. The largest absolute Gasteiger partial charge is 0.462 e. The van der Waals surface area contributed by atoms with Gasteiger partial charge in [-0.1, -0.05) is 280 Å². The van der Waals surface area contributed by atoms with Crippen LogP contribution in [0.25, 0.3) is 0 Å². The number of carbonyl (C=O) groups is 3. The second-order valence-corrected chi connectivity index (χ2v) is 22.0. The van der Waals surface area contributed by atoms with E-state index in [0.29, 0.717) is 19.3 Å². The molecule has 0 aliphatic rings. The minimum atomic E-state index is -0.781. The van der Waals surface area contributed by atoms with Gasteiger partial charge in [0.05, 0.1) is 0 Å². The SMILES string of the molecule is CC/C=C\C/C=C\C/C=C\C/C=C\CCCCCCCCCCCCCCCCCCCCC(=O)OCC(COC(=O)CCCCCCC/C=C\CCCCC)OC(=O)CCCCCCC/C=C\CCCCCCCC. The van der Waals surface area contributed by atoms with E-state index < -0.39 is 6.10 Å². The number of carbonyl (C=O) groups excluding carboxylic acids is 3. The number of unbranched alkanes of at least 4 members (excludes halogenated alkanes) is 37. The van der Waals surface area contributed by atoms with Gasteiger partial charge in [-0.25, -0.2) is 0 Å². The maximum atomic E-state index is 12.9. The number of allylic oxidation sites excluding steroid dienone is 12. The molecule has 0 fully saturated rings. The fourth-order valence-corrected chi connectivity index (χ4v) is 9.48. The van der Waals surface area contributed by atoms with Gasteiger partial charge in [0.25, 0.3) is 0 Å². The number of ether oxygens (including phenoxy) is 3. The van der Waals surface area contributed by atoms with E-state index in [4.69, 9.17) is 14.2 Å². The molecule has 1 unspecified atom stereocenters. The van der Waals surface area contributed by atoms with E-state index in [9.17, 15) is 14.4 Å². The number of esters is 3. The van der Waals surface area contributed by atoms with Gasteiger partial charge in [0.2, 0.25) is 0 Å². The highest BCUT2D eigenvalue weighted by Crippen LogP contribution is 2.17. The molecule has 0 N–H and O–H groups in total. The van der Waals surface area contributed by atoms with Gasteiger partial charge in [-0.05, 0) is 109 Å². The zero-order valence-electron chi connectivity index (χ0n) is 50.5. The van der Waals surface area contributed by atoms with Gasteiger partial charge in [0.15, 0.2) is 6.10 Å². The van der Waals surface area contributed by atoms with E-state index in [1.54, 1.807) is 0 Å². The summed E-state index contributed by atoms with van der Waals surface area (Å²) in [5.74, 6) is -0.880. The molecule has 0 aromatic rings. The van der Waals surface area contributed by atoms with Crippen LogP contribution in [0.4, 0.5) is 0 Å². The molecular formula is C70H124O6. The lowest BCUT2D eigenvalue weighted by Gasteiger charge is -2.18. The summed E-state index contributed by atoms with van der Waals surface area (Å²) in [6.45, 7) is 6.52. The predicted octanol–water partition coefficient (Wildman–Crippen LogP) is 22.5. The van der Waals surface area contributed by atoms with Gasteiger partial charge in [0, 0.05) is 19.3 Å². The average molecular weight is 1060 g/mol. The van der Waals surface area contributed by atoms with Crippen LogP contribution in [0.2, 0.25) is 0 Å². The third kappa shape index (κ3) is 61.7. The lowest BCUT2D eigenvalue weighted by molar-refractivity contribution is -0.167. The van der Waals surface area contributed by atoms with E-state index in [-0.39, 0.29) is 31.1 Å². The average Bonchev–Trinajstić information content (AvgIpc) is 3.42. The number of rotatable bonds is 60. The van der Waals surface area contributed by atoms with Crippen LogP contribution >= 0.6 is 0 Å². The van der Waals surface area contributed by atoms with Crippen LogP contribution < -0.4 is 0 Å². The van der Waals surface area contributed by atoms with Gasteiger partial charge in [-0.3, -0.25) is 14.4 Å². The number of hydrogen-bond acceptors (Lipinski definition) is 6. The first-order chi connectivity index (χ1) is 37.5. The summed E-state index contributed by atoms with van der Waals surface area (Å²) in [6, 6.07) is 0. The molecule has 0 saturated carbocycles. The first-order valence-corrected chi connectivity index (χ1v) is 32.9. The lowest BCUT2D eigenvalue weighted by atomic mass is 10.0. The van der Waals surface area contributed by atoms with Crippen molar-refractivity contribution in [2.24, 2.45) is 0 Å². The number of hydrogen-bond donors (Lipinski definition) is 0. The zero-order chi connectivity index (χ0) is 55.0. The molecule has 0 aliphatic heterocycles. The second-order valence-electron chi connectivity index (χ2n) is 22.0. The molecule has 0 aromatic carbocycles. The molecule has 0 aromatic heterocycles. The van der Waals surface area contributed by atoms with Gasteiger partial charge in [0.1, 0.15) is 13.2 Å². The summed E-state index contributed by atoms with van der Waals surface area (Å²) in [6.07, 6.45) is 83.6. The van der Waals surface area contributed by atoms with Gasteiger partial charge in [-0.15, -0.1) is 0 Å². The Kier molecular flexibility index (Phi) is 61.7. The Morgan fingerprint density at radius 3 is 0.842 bits per heavy atom. The molecule has 0 bridgehead atoms. The molecule has 440 valence electrons. The summed E-state index contributed by atoms with van der Waals surface area (Å²) in [7, 11) is 0. The highest BCUT2D eigenvalue weighted by molar-refractivity contribution is 5.71. The summed E-state index contributed by atoms with van der Waals surface area (Å²) in [5, 5.41) is 0. The molecule has 6 heteroatoms. The highest BCUT2D eigenvalue weighted by atomic mass is 16.6. The van der Waals surface area contributed by atoms with Crippen LogP contribution in [0, 0.1) is 0 Å². The van der Waals surface area contributed by atoms with E-state index >= 15 is 0 Å². The first kappa shape index (κ1) is 72.8. The molecule has 0 radical (unpaired) electrons. The van der Waals surface area contributed by atoms with Crippen molar-refractivity contribution in [3.05, 3.63) is 72.9 Å². The van der Waals surface area contributed by atoms with Crippen molar-refractivity contribution in [2.45, 2.75) is 341 Å². The summed E-state index contributed by atoms with van der Waals surface area (Å²) in [5.41, 5.74) is 0. The Morgan fingerprint density at radius 2 is 0.513 bits per heavy atom. The summed E-state index contributed by atoms with van der Waals surface area (Å²) >= 11 is 0. The Labute approximate surface area is 472 Å². The standard InChI is InChI=1S/C70H124O6/c1-4-7-10-13-16-19-22-25-27-28-29-30-31-32-33-34-35-36-37-38-39-40-41-42-44-45-48-51-54-57-60-63-69(72)75-66-67(65-74-68(71)62-59-56-53-50-47-24-21-18-15-12-9-6-3)76-70(73)64-61-58-55-52-49-46-43-26-23-20-17-14-11-8-5-2/h7,10,16,18-19,21,25-27,29-30,43,67H,4-6,8-9,11-15,17,20,22-24,28,31-42,44-66H2,1-3H3/b10-7-,19-16-,21-18-,27-25-,30-29-,43-26-. The molecule has 6 nitrogen and oxygen atoms in total. The topological polar surface area (TPSA) is 78.9 Å². The van der Waals surface area contributed by atoms with Crippen LogP contribution in [0.1, 0.15) is 335 Å². The molecule has 0 aliphatic carbocycles. The van der Waals surface area contributed by atoms with Crippen LogP contribution in [-0.4, -0.2) is 37.2 Å². The molecule has 1 atom stereocenters. The fraction of sp³-hybridized carbons (Fsp3) is 0.786. The van der Waals surface area contributed by atoms with Crippen LogP contribution in [0.15, 0.2) is 72.9 Å². The molecule has 0 heterocycles. The van der Waals surface area contributed by atoms with Crippen molar-refractivity contribution in [3.8, 4) is 0 Å². The third-order valence-electron chi connectivity index (χ3n) is 14.4. The Hall–Kier alpha value is -3.15.